The van der Waals surface area contributed by atoms with E-state index in [-0.39, 0.29) is 5.82 Å². The molecular weight excluding hydrogens is 375 g/mol. The lowest BCUT2D eigenvalue weighted by Gasteiger charge is -2.09. The Morgan fingerprint density at radius 1 is 0.897 bits per heavy atom. The van der Waals surface area contributed by atoms with E-state index >= 15 is 0 Å². The zero-order valence-electron chi connectivity index (χ0n) is 17.6. The number of rotatable bonds is 7. The molecule has 0 radical (unpaired) electrons. The third kappa shape index (κ3) is 4.64. The molecule has 0 saturated heterocycles. The van der Waals surface area contributed by atoms with Crippen molar-refractivity contribution in [2.24, 2.45) is 5.92 Å². The second-order valence-electron chi connectivity index (χ2n) is 8.51. The van der Waals surface area contributed by atoms with Crippen molar-refractivity contribution in [2.45, 2.75) is 64.7 Å². The van der Waals surface area contributed by atoms with Gasteiger partial charge in [0.05, 0.1) is 0 Å². The average molecular weight is 407 g/mol. The summed E-state index contributed by atoms with van der Waals surface area (Å²) < 4.78 is 15.0. The van der Waals surface area contributed by atoms with Crippen LogP contribution in [-0.2, 0) is 6.42 Å². The van der Waals surface area contributed by atoms with E-state index in [0.717, 1.165) is 40.3 Å². The normalized spacial score (nSPS) is 19.0. The molecule has 1 fully saturated rings. The number of hydrogen-bond donors (Lipinski definition) is 0. The number of aryl methyl sites for hydroxylation is 1. The molecule has 3 aromatic rings. The van der Waals surface area contributed by atoms with Gasteiger partial charge in [0.15, 0.2) is 0 Å². The molecule has 0 N–H and O–H groups in total. The quantitative estimate of drug-likeness (QED) is 0.367. The fraction of sp³-hybridized carbons (Fsp3) is 0.407. The summed E-state index contributed by atoms with van der Waals surface area (Å²) in [6.45, 7) is 4.47. The second kappa shape index (κ2) is 9.26. The summed E-state index contributed by atoms with van der Waals surface area (Å²) in [6, 6.07) is 18.6. The Hall–Kier alpha value is -1.93. The molecule has 0 nitrogen and oxygen atoms in total. The summed E-state index contributed by atoms with van der Waals surface area (Å²) in [7, 11) is 0. The Kier molecular flexibility index (Phi) is 6.50. The van der Waals surface area contributed by atoms with E-state index in [1.807, 2.05) is 6.07 Å². The van der Waals surface area contributed by atoms with Crippen LogP contribution < -0.4 is 0 Å². The molecule has 4 rings (SSSR count). The van der Waals surface area contributed by atoms with E-state index < -0.39 is 0 Å². The number of thiophene rings is 1. The summed E-state index contributed by atoms with van der Waals surface area (Å²) in [5, 5.41) is 0. The molecule has 1 aliphatic carbocycles. The SMILES string of the molecule is CCCc1ccc(-c2ccc(-c3ccc(C4CCC(CCC)C4)s3)c(F)c2)cc1. The van der Waals surface area contributed by atoms with Crippen molar-refractivity contribution in [3.8, 4) is 21.6 Å². The van der Waals surface area contributed by atoms with E-state index in [9.17, 15) is 4.39 Å². The maximum absolute atomic E-state index is 15.0. The highest BCUT2D eigenvalue weighted by molar-refractivity contribution is 7.15. The lowest BCUT2D eigenvalue weighted by atomic mass is 9.99. The number of benzene rings is 2. The summed E-state index contributed by atoms with van der Waals surface area (Å²) in [4.78, 5) is 2.50. The molecule has 1 aliphatic rings. The highest BCUT2D eigenvalue weighted by Gasteiger charge is 2.26. The number of hydrogen-bond acceptors (Lipinski definition) is 1. The molecule has 1 saturated carbocycles. The minimum atomic E-state index is -0.121. The molecule has 0 amide bonds. The minimum Gasteiger partial charge on any atom is -0.206 e. The standard InChI is InChI=1S/C27H31FS/c1-3-5-19-7-10-21(11-8-19)22-13-14-24(25(28)18-22)27-16-15-26(29-27)23-12-9-20(17-23)6-4-2/h7-8,10-11,13-16,18,20,23H,3-6,9,12,17H2,1-2H3. The molecule has 2 unspecified atom stereocenters. The van der Waals surface area contributed by atoms with Gasteiger partial charge in [-0.2, -0.15) is 0 Å². The van der Waals surface area contributed by atoms with Gasteiger partial charge in [0, 0.05) is 15.3 Å². The Morgan fingerprint density at radius 3 is 2.41 bits per heavy atom. The van der Waals surface area contributed by atoms with Gasteiger partial charge < -0.3 is 0 Å². The topological polar surface area (TPSA) is 0 Å². The van der Waals surface area contributed by atoms with Crippen molar-refractivity contribution < 1.29 is 4.39 Å². The van der Waals surface area contributed by atoms with Crippen LogP contribution in [0.25, 0.3) is 21.6 Å². The van der Waals surface area contributed by atoms with Gasteiger partial charge in [0.25, 0.3) is 0 Å². The average Bonchev–Trinajstić information content (AvgIpc) is 3.39. The van der Waals surface area contributed by atoms with Crippen molar-refractivity contribution in [1.29, 1.82) is 0 Å². The zero-order valence-corrected chi connectivity index (χ0v) is 18.4. The van der Waals surface area contributed by atoms with Crippen molar-refractivity contribution in [2.75, 3.05) is 0 Å². The van der Waals surface area contributed by atoms with Gasteiger partial charge in [-0.05, 0) is 78.5 Å². The zero-order chi connectivity index (χ0) is 20.2. The van der Waals surface area contributed by atoms with Gasteiger partial charge in [0.1, 0.15) is 5.82 Å². The summed E-state index contributed by atoms with van der Waals surface area (Å²) in [6.07, 6.45) is 8.82. The van der Waals surface area contributed by atoms with Crippen LogP contribution in [0.1, 0.15) is 68.7 Å². The van der Waals surface area contributed by atoms with Crippen LogP contribution in [0.5, 0.6) is 0 Å². The first-order chi connectivity index (χ1) is 14.2. The molecule has 0 bridgehead atoms. The van der Waals surface area contributed by atoms with E-state index in [1.165, 1.54) is 42.5 Å². The predicted molar refractivity (Wildman–Crippen MR) is 124 cm³/mol. The van der Waals surface area contributed by atoms with Crippen LogP contribution in [-0.4, -0.2) is 0 Å². The molecule has 152 valence electrons. The molecule has 0 spiro atoms. The summed E-state index contributed by atoms with van der Waals surface area (Å²) in [5.74, 6) is 1.44. The van der Waals surface area contributed by atoms with E-state index in [1.54, 1.807) is 17.4 Å². The van der Waals surface area contributed by atoms with Crippen molar-refractivity contribution in [1.82, 2.24) is 0 Å². The van der Waals surface area contributed by atoms with Crippen LogP contribution in [0.2, 0.25) is 0 Å². The predicted octanol–water partition coefficient (Wildman–Crippen LogP) is 8.86. The van der Waals surface area contributed by atoms with Crippen LogP contribution >= 0.6 is 11.3 Å². The second-order valence-corrected chi connectivity index (χ2v) is 9.62. The van der Waals surface area contributed by atoms with Crippen molar-refractivity contribution in [3.63, 3.8) is 0 Å². The third-order valence-corrected chi connectivity index (χ3v) is 7.61. The molecular formula is C27H31FS. The molecule has 2 atom stereocenters. The van der Waals surface area contributed by atoms with E-state index in [0.29, 0.717) is 5.92 Å². The Labute approximate surface area is 178 Å². The minimum absolute atomic E-state index is 0.121. The van der Waals surface area contributed by atoms with Crippen LogP contribution in [0.15, 0.2) is 54.6 Å². The van der Waals surface area contributed by atoms with Crippen molar-refractivity contribution in [3.05, 3.63) is 70.9 Å². The Morgan fingerprint density at radius 2 is 1.69 bits per heavy atom. The first-order valence-corrected chi connectivity index (χ1v) is 12.0. The van der Waals surface area contributed by atoms with Crippen LogP contribution in [0.4, 0.5) is 4.39 Å². The first kappa shape index (κ1) is 20.3. The van der Waals surface area contributed by atoms with Gasteiger partial charge in [-0.1, -0.05) is 63.4 Å². The van der Waals surface area contributed by atoms with E-state index in [4.69, 9.17) is 0 Å². The molecule has 0 aliphatic heterocycles. The highest BCUT2D eigenvalue weighted by Crippen LogP contribution is 2.44. The van der Waals surface area contributed by atoms with Gasteiger partial charge >= 0.3 is 0 Å². The molecule has 1 heterocycles. The van der Waals surface area contributed by atoms with Gasteiger partial charge in [-0.15, -0.1) is 11.3 Å². The largest absolute Gasteiger partial charge is 0.206 e. The van der Waals surface area contributed by atoms with Crippen molar-refractivity contribution >= 4 is 11.3 Å². The fourth-order valence-electron chi connectivity index (χ4n) is 4.77. The van der Waals surface area contributed by atoms with Gasteiger partial charge in [0.2, 0.25) is 0 Å². The Balaban J connectivity index is 1.51. The van der Waals surface area contributed by atoms with Gasteiger partial charge in [-0.3, -0.25) is 0 Å². The van der Waals surface area contributed by atoms with Gasteiger partial charge in [-0.25, -0.2) is 4.39 Å². The maximum atomic E-state index is 15.0. The number of halogens is 1. The lowest BCUT2D eigenvalue weighted by molar-refractivity contribution is 0.490. The monoisotopic (exact) mass is 406 g/mol. The first-order valence-electron chi connectivity index (χ1n) is 11.2. The summed E-state index contributed by atoms with van der Waals surface area (Å²) >= 11 is 1.79. The molecule has 2 aromatic carbocycles. The summed E-state index contributed by atoms with van der Waals surface area (Å²) in [5.41, 5.74) is 4.10. The smallest absolute Gasteiger partial charge is 0.132 e. The molecule has 2 heteroatoms. The maximum Gasteiger partial charge on any atom is 0.132 e. The third-order valence-electron chi connectivity index (χ3n) is 6.33. The lowest BCUT2D eigenvalue weighted by Crippen LogP contribution is -1.93. The highest BCUT2D eigenvalue weighted by atomic mass is 32.1. The van der Waals surface area contributed by atoms with Crippen LogP contribution in [0, 0.1) is 11.7 Å². The van der Waals surface area contributed by atoms with E-state index in [2.05, 4.69) is 56.3 Å². The molecule has 29 heavy (non-hydrogen) atoms. The Bertz CT molecular complexity index is 937. The van der Waals surface area contributed by atoms with Crippen LogP contribution in [0.3, 0.4) is 0 Å². The molecule has 1 aromatic heterocycles. The fourth-order valence-corrected chi connectivity index (χ4v) is 5.95.